The Hall–Kier alpha value is -2.33. The van der Waals surface area contributed by atoms with Gasteiger partial charge in [0.05, 0.1) is 6.54 Å². The van der Waals surface area contributed by atoms with Gasteiger partial charge in [-0.3, -0.25) is 0 Å². The van der Waals surface area contributed by atoms with Crippen LogP contribution in [-0.4, -0.2) is 24.0 Å². The summed E-state index contributed by atoms with van der Waals surface area (Å²) in [5.41, 5.74) is 3.47. The lowest BCUT2D eigenvalue weighted by atomic mass is 10.1. The summed E-state index contributed by atoms with van der Waals surface area (Å²) in [5, 5.41) is 3.92. The third-order valence-corrected chi connectivity index (χ3v) is 5.64. The lowest BCUT2D eigenvalue weighted by Gasteiger charge is -1.99. The molecule has 1 N–H and O–H groups in total. The monoisotopic (exact) mass is 306 g/mol. The van der Waals surface area contributed by atoms with Crippen LogP contribution in [0, 0.1) is 6.92 Å². The van der Waals surface area contributed by atoms with E-state index in [1.165, 1.54) is 31.1 Å². The van der Waals surface area contributed by atoms with Crippen molar-refractivity contribution in [1.29, 1.82) is 0 Å². The molecule has 3 heterocycles. The van der Waals surface area contributed by atoms with Gasteiger partial charge in [-0.2, -0.15) is 0 Å². The minimum atomic E-state index is 0.684. The van der Waals surface area contributed by atoms with Gasteiger partial charge >= 0.3 is 0 Å². The molecule has 3 nitrogen and oxygen atoms in total. The number of rotatable bonds is 1. The smallest absolute Gasteiger partial charge is 0.233 e. The van der Waals surface area contributed by atoms with E-state index in [1.807, 2.05) is 11.3 Å². The Labute approximate surface area is 131 Å². The molecule has 0 bridgehead atoms. The fourth-order valence-corrected chi connectivity index (χ4v) is 4.46. The molecule has 0 amide bonds. The van der Waals surface area contributed by atoms with Crippen molar-refractivity contribution < 1.29 is 4.74 Å². The van der Waals surface area contributed by atoms with Crippen LogP contribution in [0.5, 0.6) is 0 Å². The minimum absolute atomic E-state index is 0.684. The summed E-state index contributed by atoms with van der Waals surface area (Å²) in [6, 6.07) is 13.0. The lowest BCUT2D eigenvalue weighted by molar-refractivity contribution is 0.347. The Morgan fingerprint density at radius 2 is 2.05 bits per heavy atom. The highest BCUT2D eigenvalue weighted by molar-refractivity contribution is 7.26. The van der Waals surface area contributed by atoms with E-state index in [2.05, 4.69) is 53.3 Å². The maximum absolute atomic E-state index is 5.58. The SMILES string of the molecule is Cc1c2cc(C3=NCCO3)[nH]c2cc2c1sc1ccccc12. The first-order chi connectivity index (χ1) is 10.8. The average molecular weight is 306 g/mol. The number of hydrogen-bond acceptors (Lipinski definition) is 3. The predicted octanol–water partition coefficient (Wildman–Crippen LogP) is 4.62. The Morgan fingerprint density at radius 1 is 1.14 bits per heavy atom. The summed E-state index contributed by atoms with van der Waals surface area (Å²) in [6.07, 6.45) is 0. The number of thiophene rings is 1. The Balaban J connectivity index is 1.86. The topological polar surface area (TPSA) is 37.4 Å². The Morgan fingerprint density at radius 3 is 2.91 bits per heavy atom. The van der Waals surface area contributed by atoms with E-state index in [0.29, 0.717) is 6.61 Å². The maximum Gasteiger partial charge on any atom is 0.233 e. The number of aromatic nitrogens is 1. The molecule has 2 aromatic heterocycles. The highest BCUT2D eigenvalue weighted by Crippen LogP contribution is 2.39. The third-order valence-electron chi connectivity index (χ3n) is 4.33. The molecule has 0 aliphatic carbocycles. The van der Waals surface area contributed by atoms with E-state index in [0.717, 1.165) is 23.7 Å². The number of aryl methyl sites for hydroxylation is 1. The lowest BCUT2D eigenvalue weighted by Crippen LogP contribution is -2.00. The van der Waals surface area contributed by atoms with Crippen LogP contribution < -0.4 is 0 Å². The van der Waals surface area contributed by atoms with Crippen molar-refractivity contribution in [3.63, 3.8) is 0 Å². The van der Waals surface area contributed by atoms with Gasteiger partial charge in [-0.1, -0.05) is 18.2 Å². The van der Waals surface area contributed by atoms with Gasteiger partial charge in [0.15, 0.2) is 0 Å². The zero-order valence-electron chi connectivity index (χ0n) is 12.1. The Kier molecular flexibility index (Phi) is 2.41. The fraction of sp³-hybridized carbons (Fsp3) is 0.167. The normalized spacial score (nSPS) is 14.9. The Bertz CT molecular complexity index is 1070. The number of aromatic amines is 1. The summed E-state index contributed by atoms with van der Waals surface area (Å²) in [4.78, 5) is 7.88. The molecule has 0 saturated heterocycles. The zero-order valence-corrected chi connectivity index (χ0v) is 13.0. The summed E-state index contributed by atoms with van der Waals surface area (Å²) in [5.74, 6) is 0.740. The molecule has 0 spiro atoms. The molecule has 2 aromatic carbocycles. The van der Waals surface area contributed by atoms with Crippen LogP contribution in [0.3, 0.4) is 0 Å². The van der Waals surface area contributed by atoms with E-state index in [1.54, 1.807) is 0 Å². The molecule has 22 heavy (non-hydrogen) atoms. The van der Waals surface area contributed by atoms with E-state index < -0.39 is 0 Å². The van der Waals surface area contributed by atoms with Gasteiger partial charge < -0.3 is 9.72 Å². The van der Waals surface area contributed by atoms with Crippen LogP contribution in [0.4, 0.5) is 0 Å². The predicted molar refractivity (Wildman–Crippen MR) is 93.3 cm³/mol. The van der Waals surface area contributed by atoms with Crippen LogP contribution >= 0.6 is 11.3 Å². The second kappa shape index (κ2) is 4.34. The van der Waals surface area contributed by atoms with Crippen molar-refractivity contribution in [1.82, 2.24) is 4.98 Å². The number of nitrogens with one attached hydrogen (secondary N) is 1. The molecule has 0 radical (unpaired) electrons. The first-order valence-corrected chi connectivity index (χ1v) is 8.24. The van der Waals surface area contributed by atoms with Crippen molar-refractivity contribution in [3.05, 3.63) is 47.7 Å². The van der Waals surface area contributed by atoms with Crippen molar-refractivity contribution in [2.75, 3.05) is 13.2 Å². The molecule has 108 valence electrons. The van der Waals surface area contributed by atoms with Gasteiger partial charge in [0.25, 0.3) is 0 Å². The molecule has 1 aliphatic rings. The van der Waals surface area contributed by atoms with Gasteiger partial charge in [-0.15, -0.1) is 11.3 Å². The second-order valence-corrected chi connectivity index (χ2v) is 6.71. The number of H-pyrrole nitrogens is 1. The fourth-order valence-electron chi connectivity index (χ4n) is 3.26. The van der Waals surface area contributed by atoms with Crippen LogP contribution in [0.15, 0.2) is 41.4 Å². The van der Waals surface area contributed by atoms with Crippen molar-refractivity contribution in [3.8, 4) is 0 Å². The summed E-state index contributed by atoms with van der Waals surface area (Å²) in [6.45, 7) is 3.64. The van der Waals surface area contributed by atoms with E-state index >= 15 is 0 Å². The zero-order chi connectivity index (χ0) is 14.7. The van der Waals surface area contributed by atoms with Crippen LogP contribution in [0.1, 0.15) is 11.3 Å². The number of ether oxygens (including phenoxy) is 1. The van der Waals surface area contributed by atoms with Gasteiger partial charge in [-0.25, -0.2) is 4.99 Å². The van der Waals surface area contributed by atoms with E-state index in [-0.39, 0.29) is 0 Å². The molecular formula is C18H14N2OS. The van der Waals surface area contributed by atoms with Crippen LogP contribution in [-0.2, 0) is 4.74 Å². The van der Waals surface area contributed by atoms with Gasteiger partial charge in [0.1, 0.15) is 12.3 Å². The summed E-state index contributed by atoms with van der Waals surface area (Å²) >= 11 is 1.87. The first kappa shape index (κ1) is 12.2. The van der Waals surface area contributed by atoms with Gasteiger partial charge in [0, 0.05) is 31.1 Å². The van der Waals surface area contributed by atoms with Crippen molar-refractivity contribution in [2.24, 2.45) is 4.99 Å². The summed E-state index contributed by atoms with van der Waals surface area (Å²) in [7, 11) is 0. The molecular weight excluding hydrogens is 292 g/mol. The number of nitrogens with zero attached hydrogens (tertiary/aromatic N) is 1. The van der Waals surface area contributed by atoms with Crippen molar-refractivity contribution in [2.45, 2.75) is 6.92 Å². The van der Waals surface area contributed by atoms with Crippen LogP contribution in [0.25, 0.3) is 31.1 Å². The van der Waals surface area contributed by atoms with Crippen molar-refractivity contribution >= 4 is 48.3 Å². The highest BCUT2D eigenvalue weighted by atomic mass is 32.1. The number of fused-ring (bicyclic) bond motifs is 4. The standard InChI is InChI=1S/C18H14N2OS/c1-10-12-8-15(18-19-6-7-21-18)20-14(12)9-13-11-4-2-3-5-16(11)22-17(10)13/h2-5,8-9,20H,6-7H2,1H3. The number of hydrogen-bond donors (Lipinski definition) is 1. The largest absolute Gasteiger partial charge is 0.474 e. The van der Waals surface area contributed by atoms with Gasteiger partial charge in [0.2, 0.25) is 5.90 Å². The molecule has 0 saturated carbocycles. The molecule has 5 rings (SSSR count). The van der Waals surface area contributed by atoms with E-state index in [4.69, 9.17) is 4.74 Å². The molecule has 0 atom stereocenters. The second-order valence-electron chi connectivity index (χ2n) is 5.66. The minimum Gasteiger partial charge on any atom is -0.474 e. The van der Waals surface area contributed by atoms with Gasteiger partial charge in [-0.05, 0) is 30.7 Å². The first-order valence-electron chi connectivity index (χ1n) is 7.42. The number of benzene rings is 2. The quantitative estimate of drug-likeness (QED) is 0.547. The molecule has 1 aliphatic heterocycles. The number of aliphatic imine (C=N–C) groups is 1. The molecule has 4 heteroatoms. The maximum atomic E-state index is 5.58. The molecule has 4 aromatic rings. The molecule has 0 fully saturated rings. The van der Waals surface area contributed by atoms with Crippen LogP contribution in [0.2, 0.25) is 0 Å². The third kappa shape index (κ3) is 1.58. The summed E-state index contributed by atoms with van der Waals surface area (Å²) < 4.78 is 8.29. The average Bonchev–Trinajstić information content (AvgIpc) is 3.25. The molecule has 0 unspecified atom stereocenters. The van der Waals surface area contributed by atoms with E-state index in [9.17, 15) is 0 Å². The highest BCUT2D eigenvalue weighted by Gasteiger charge is 2.16.